The fourth-order valence-corrected chi connectivity index (χ4v) is 2.49. The summed E-state index contributed by atoms with van der Waals surface area (Å²) in [5.41, 5.74) is 0.112. The highest BCUT2D eigenvalue weighted by Crippen LogP contribution is 2.17. The van der Waals surface area contributed by atoms with Crippen LogP contribution in [0.2, 0.25) is 10.2 Å². The minimum Gasteiger partial charge on any atom is -0.341 e. The van der Waals surface area contributed by atoms with E-state index in [1.54, 1.807) is 25.4 Å². The predicted octanol–water partition coefficient (Wildman–Crippen LogP) is 2.36. The van der Waals surface area contributed by atoms with Crippen LogP contribution in [0.4, 0.5) is 0 Å². The van der Waals surface area contributed by atoms with Crippen molar-refractivity contribution in [2.45, 2.75) is 13.0 Å². The molecule has 3 heterocycles. The van der Waals surface area contributed by atoms with Crippen LogP contribution in [-0.4, -0.2) is 35.6 Å². The van der Waals surface area contributed by atoms with Crippen LogP contribution in [0.5, 0.6) is 0 Å². The summed E-state index contributed by atoms with van der Waals surface area (Å²) in [6.45, 7) is 1.76. The van der Waals surface area contributed by atoms with Crippen LogP contribution >= 0.6 is 36.7 Å². The molecule has 8 nitrogen and oxygen atoms in total. The minimum absolute atomic E-state index is 0. The first kappa shape index (κ1) is 19.1. The Bertz CT molecular complexity index is 854. The summed E-state index contributed by atoms with van der Waals surface area (Å²) >= 11 is 11.7. The molecule has 0 bridgehead atoms. The molecule has 1 N–H and O–H groups in total. The van der Waals surface area contributed by atoms with Gasteiger partial charge in [-0.2, -0.15) is 23.3 Å². The highest BCUT2D eigenvalue weighted by molar-refractivity contribution is 7.59. The molecule has 0 unspecified atom stereocenters. The van der Waals surface area contributed by atoms with Crippen LogP contribution in [0.3, 0.4) is 0 Å². The van der Waals surface area contributed by atoms with Gasteiger partial charge in [0.25, 0.3) is 11.9 Å². The van der Waals surface area contributed by atoms with E-state index in [4.69, 9.17) is 23.2 Å². The van der Waals surface area contributed by atoms with Gasteiger partial charge in [-0.25, -0.2) is 19.9 Å². The Morgan fingerprint density at radius 1 is 1.20 bits per heavy atom. The van der Waals surface area contributed by atoms with Gasteiger partial charge in [-0.1, -0.05) is 23.2 Å². The van der Waals surface area contributed by atoms with Gasteiger partial charge in [0.2, 0.25) is 0 Å². The lowest BCUT2D eigenvalue weighted by atomic mass is 10.2. The number of nitrogens with zero attached hydrogens (tertiary/aromatic N) is 6. The number of carbonyl (C=O) groups is 1. The standard InChI is InChI=1S/C14H11Cl2N7O.H2S/c1-8(21-13(24)10-5-9(15)6-11(16)22-10)12-19-7-20-23(12)14-17-3-2-4-18-14;/h2-8H,1H3,(H,21,24);1H2/t8-;/m0./s1. The summed E-state index contributed by atoms with van der Waals surface area (Å²) in [7, 11) is 0. The van der Waals surface area contributed by atoms with E-state index in [9.17, 15) is 4.79 Å². The average molecular weight is 398 g/mol. The average Bonchev–Trinajstić information content (AvgIpc) is 3.04. The van der Waals surface area contributed by atoms with Crippen LogP contribution in [0.25, 0.3) is 5.95 Å². The smallest absolute Gasteiger partial charge is 0.270 e. The number of amides is 1. The number of hydrogen-bond donors (Lipinski definition) is 1. The van der Waals surface area contributed by atoms with E-state index in [1.807, 2.05) is 0 Å². The van der Waals surface area contributed by atoms with E-state index in [0.717, 1.165) is 0 Å². The second-order valence-electron chi connectivity index (χ2n) is 4.77. The Hall–Kier alpha value is -2.23. The summed E-state index contributed by atoms with van der Waals surface area (Å²) in [4.78, 5) is 28.7. The van der Waals surface area contributed by atoms with Crippen molar-refractivity contribution < 1.29 is 4.79 Å². The monoisotopic (exact) mass is 397 g/mol. The number of rotatable bonds is 4. The van der Waals surface area contributed by atoms with Gasteiger partial charge < -0.3 is 5.32 Å². The molecule has 0 fully saturated rings. The molecular weight excluding hydrogens is 385 g/mol. The largest absolute Gasteiger partial charge is 0.341 e. The zero-order valence-corrected chi connectivity index (χ0v) is 15.4. The van der Waals surface area contributed by atoms with Crippen molar-refractivity contribution >= 4 is 42.6 Å². The van der Waals surface area contributed by atoms with Crippen molar-refractivity contribution in [3.05, 3.63) is 58.6 Å². The number of carbonyl (C=O) groups excluding carboxylic acids is 1. The van der Waals surface area contributed by atoms with Gasteiger partial charge >= 0.3 is 0 Å². The van der Waals surface area contributed by atoms with Gasteiger partial charge in [-0.3, -0.25) is 4.79 Å². The molecule has 3 aromatic heterocycles. The molecule has 3 aromatic rings. The van der Waals surface area contributed by atoms with Gasteiger partial charge in [0, 0.05) is 17.4 Å². The Morgan fingerprint density at radius 2 is 1.92 bits per heavy atom. The third kappa shape index (κ3) is 4.44. The van der Waals surface area contributed by atoms with Crippen molar-refractivity contribution in [2.24, 2.45) is 0 Å². The summed E-state index contributed by atoms with van der Waals surface area (Å²) < 4.78 is 1.45. The molecule has 0 aliphatic heterocycles. The summed E-state index contributed by atoms with van der Waals surface area (Å²) in [5.74, 6) is 0.396. The van der Waals surface area contributed by atoms with Crippen LogP contribution < -0.4 is 5.32 Å². The molecule has 0 aliphatic rings. The quantitative estimate of drug-likeness (QED) is 0.678. The molecular formula is C14H13Cl2N7OS. The van der Waals surface area contributed by atoms with E-state index >= 15 is 0 Å². The molecule has 0 saturated heterocycles. The molecule has 3 rings (SSSR count). The van der Waals surface area contributed by atoms with Crippen LogP contribution in [-0.2, 0) is 0 Å². The molecule has 0 aliphatic carbocycles. The van der Waals surface area contributed by atoms with Crippen LogP contribution in [0.15, 0.2) is 36.9 Å². The highest BCUT2D eigenvalue weighted by atomic mass is 35.5. The van der Waals surface area contributed by atoms with Gasteiger partial charge in [0.15, 0.2) is 5.82 Å². The highest BCUT2D eigenvalue weighted by Gasteiger charge is 2.19. The summed E-state index contributed by atoms with van der Waals surface area (Å²) in [6, 6.07) is 4.11. The number of hydrogen-bond acceptors (Lipinski definition) is 6. The molecule has 0 spiro atoms. The van der Waals surface area contributed by atoms with Gasteiger partial charge in [0.1, 0.15) is 17.2 Å². The second kappa shape index (κ2) is 8.24. The van der Waals surface area contributed by atoms with Crippen molar-refractivity contribution in [3.8, 4) is 5.95 Å². The predicted molar refractivity (Wildman–Crippen MR) is 97.5 cm³/mol. The molecule has 25 heavy (non-hydrogen) atoms. The Labute approximate surface area is 160 Å². The third-order valence-electron chi connectivity index (χ3n) is 3.04. The summed E-state index contributed by atoms with van der Waals surface area (Å²) in [6.07, 6.45) is 4.55. The molecule has 1 amide bonds. The zero-order valence-electron chi connectivity index (χ0n) is 12.9. The molecule has 11 heteroatoms. The van der Waals surface area contributed by atoms with Crippen molar-refractivity contribution in [1.82, 2.24) is 35.0 Å². The minimum atomic E-state index is -0.469. The van der Waals surface area contributed by atoms with Crippen LogP contribution in [0.1, 0.15) is 29.3 Å². The molecule has 0 radical (unpaired) electrons. The Balaban J connectivity index is 0.00000225. The fourth-order valence-electron chi connectivity index (χ4n) is 2.02. The van der Waals surface area contributed by atoms with Crippen molar-refractivity contribution in [1.29, 1.82) is 0 Å². The molecule has 0 saturated carbocycles. The third-order valence-corrected chi connectivity index (χ3v) is 3.45. The van der Waals surface area contributed by atoms with E-state index < -0.39 is 11.9 Å². The SMILES string of the molecule is C[C@H](NC(=O)c1cc(Cl)cc(Cl)n1)c1ncnn1-c1ncccn1.S. The Morgan fingerprint density at radius 3 is 2.60 bits per heavy atom. The fraction of sp³-hybridized carbons (Fsp3) is 0.143. The normalized spacial score (nSPS) is 11.5. The number of halogens is 2. The van der Waals surface area contributed by atoms with E-state index in [1.165, 1.54) is 23.1 Å². The van der Waals surface area contributed by atoms with E-state index in [-0.39, 0.29) is 24.3 Å². The lowest BCUT2D eigenvalue weighted by Gasteiger charge is -2.13. The maximum Gasteiger partial charge on any atom is 0.270 e. The van der Waals surface area contributed by atoms with Gasteiger partial charge in [-0.05, 0) is 25.1 Å². The lowest BCUT2D eigenvalue weighted by Crippen LogP contribution is -2.29. The lowest BCUT2D eigenvalue weighted by molar-refractivity contribution is 0.0933. The molecule has 0 aromatic carbocycles. The maximum atomic E-state index is 12.3. The first-order chi connectivity index (χ1) is 11.5. The summed E-state index contributed by atoms with van der Waals surface area (Å²) in [5, 5.41) is 7.32. The first-order valence-electron chi connectivity index (χ1n) is 6.86. The van der Waals surface area contributed by atoms with Crippen molar-refractivity contribution in [3.63, 3.8) is 0 Å². The number of aromatic nitrogens is 6. The first-order valence-corrected chi connectivity index (χ1v) is 7.61. The molecule has 1 atom stereocenters. The van der Waals surface area contributed by atoms with Crippen molar-refractivity contribution in [2.75, 3.05) is 0 Å². The molecule has 130 valence electrons. The van der Waals surface area contributed by atoms with E-state index in [2.05, 4.69) is 30.4 Å². The second-order valence-corrected chi connectivity index (χ2v) is 5.59. The maximum absolute atomic E-state index is 12.3. The number of nitrogens with one attached hydrogen (secondary N) is 1. The number of pyridine rings is 1. The topological polar surface area (TPSA) is 98.5 Å². The van der Waals surface area contributed by atoms with E-state index in [0.29, 0.717) is 16.8 Å². The Kier molecular flexibility index (Phi) is 6.29. The van der Waals surface area contributed by atoms with Gasteiger partial charge in [0.05, 0.1) is 6.04 Å². The zero-order chi connectivity index (χ0) is 17.1. The van der Waals surface area contributed by atoms with Gasteiger partial charge in [-0.15, -0.1) is 0 Å². The van der Waals surface area contributed by atoms with Crippen LogP contribution in [0, 0.1) is 0 Å².